The van der Waals surface area contributed by atoms with Crippen LogP contribution in [0.4, 0.5) is 0 Å². The summed E-state index contributed by atoms with van der Waals surface area (Å²) in [5.41, 5.74) is 1.69. The first-order chi connectivity index (χ1) is 14.8. The molecule has 0 aromatic heterocycles. The Bertz CT molecular complexity index is 620. The van der Waals surface area contributed by atoms with Gasteiger partial charge in [-0.05, 0) is 53.3 Å². The van der Waals surface area contributed by atoms with Crippen molar-refractivity contribution in [2.24, 2.45) is 51.8 Å². The quantitative estimate of drug-likeness (QED) is 0.184. The van der Waals surface area contributed by atoms with Gasteiger partial charge in [-0.15, -0.1) is 0 Å². The Morgan fingerprint density at radius 1 is 0.441 bits per heavy atom. The molecule has 0 saturated heterocycles. The fraction of sp³-hybridized carbons (Fsp3) is 1.00. The summed E-state index contributed by atoms with van der Waals surface area (Å²) < 4.78 is 0.661. The van der Waals surface area contributed by atoms with Crippen LogP contribution < -0.4 is 0 Å². The molecule has 6 bridgehead atoms. The summed E-state index contributed by atoms with van der Waals surface area (Å²) in [5.74, 6) is 5.44. The van der Waals surface area contributed by atoms with Crippen LogP contribution in [0.5, 0.6) is 0 Å². The summed E-state index contributed by atoms with van der Waals surface area (Å²) in [7, 11) is 0. The van der Waals surface area contributed by atoms with Crippen molar-refractivity contribution in [3.63, 3.8) is 0 Å². The molecule has 9 aliphatic rings. The molecule has 9 atom stereocenters. The van der Waals surface area contributed by atoms with E-state index in [2.05, 4.69) is 62.3 Å². The Morgan fingerprint density at radius 3 is 0.735 bits per heavy atom. The summed E-state index contributed by atoms with van der Waals surface area (Å²) >= 11 is 16.8. The summed E-state index contributed by atoms with van der Waals surface area (Å²) in [6.07, 6.45) is 12.2. The van der Waals surface area contributed by atoms with Crippen molar-refractivity contribution < 1.29 is 22.4 Å². The maximum atomic E-state index is 5.60. The van der Waals surface area contributed by atoms with E-state index in [4.69, 9.17) is 37.9 Å². The first-order valence-electron chi connectivity index (χ1n) is 13.9. The van der Waals surface area contributed by atoms with Crippen LogP contribution in [-0.2, 0) is 60.3 Å². The van der Waals surface area contributed by atoms with Crippen molar-refractivity contribution in [3.8, 4) is 0 Å². The van der Waals surface area contributed by atoms with Gasteiger partial charge < -0.3 is 37.9 Å². The molecular weight excluding hydrogens is 653 g/mol. The number of hydrogen-bond donors (Lipinski definition) is 0. The van der Waals surface area contributed by atoms with Gasteiger partial charge in [0.15, 0.2) is 0 Å². The van der Waals surface area contributed by atoms with Gasteiger partial charge in [-0.25, -0.2) is 0 Å². The molecule has 0 amide bonds. The summed E-state index contributed by atoms with van der Waals surface area (Å²) in [4.78, 5) is 0. The molecule has 34 heavy (non-hydrogen) atoms. The smallest absolute Gasteiger partial charge is 0.786 e. The Morgan fingerprint density at radius 2 is 0.647 bits per heavy atom. The zero-order valence-corrected chi connectivity index (χ0v) is 28.0. The van der Waals surface area contributed by atoms with E-state index in [9.17, 15) is 0 Å². The van der Waals surface area contributed by atoms with Crippen molar-refractivity contribution in [1.29, 1.82) is 0 Å². The van der Waals surface area contributed by atoms with E-state index >= 15 is 0 Å². The third-order valence-corrected chi connectivity index (χ3v) is 14.1. The molecule has 0 heterocycles. The van der Waals surface area contributed by atoms with E-state index < -0.39 is 0 Å². The molecule has 0 aliphatic heterocycles. The SMILES string of the molecule is CC1([S-])CCC2CC1C2(C)C.CC1([S-])CCC2CC1C2(C)C.CC1([S-])CCC2CC1C2(C)C.[Au+3]. The molecule has 200 valence electrons. The minimum Gasteiger partial charge on any atom is -0.786 e. The molecule has 0 aromatic carbocycles. The van der Waals surface area contributed by atoms with Crippen LogP contribution in [0.2, 0.25) is 0 Å². The molecule has 9 saturated carbocycles. The molecule has 9 aliphatic carbocycles. The van der Waals surface area contributed by atoms with Gasteiger partial charge >= 0.3 is 22.4 Å². The summed E-state index contributed by atoms with van der Waals surface area (Å²) in [5, 5.41) is 0. The number of hydrogen-bond acceptors (Lipinski definition) is 3. The molecule has 0 radical (unpaired) electrons. The van der Waals surface area contributed by atoms with Gasteiger partial charge in [-0.1, -0.05) is 119 Å². The van der Waals surface area contributed by atoms with Gasteiger partial charge in [0.25, 0.3) is 0 Å². The zero-order chi connectivity index (χ0) is 24.8. The summed E-state index contributed by atoms with van der Waals surface area (Å²) in [6, 6.07) is 0. The first-order valence-corrected chi connectivity index (χ1v) is 15.2. The fourth-order valence-corrected chi connectivity index (χ4v) is 11.1. The average Bonchev–Trinajstić information content (AvgIpc) is 2.65. The largest absolute Gasteiger partial charge is 3.00 e. The molecule has 0 spiro atoms. The molecule has 9 rings (SSSR count). The van der Waals surface area contributed by atoms with E-state index in [1.807, 2.05) is 0 Å². The van der Waals surface area contributed by atoms with Crippen LogP contribution in [-0.4, -0.2) is 14.2 Å². The number of fused-ring (bicyclic) bond motifs is 6. The van der Waals surface area contributed by atoms with Crippen LogP contribution in [0.15, 0.2) is 0 Å². The van der Waals surface area contributed by atoms with E-state index in [0.29, 0.717) is 16.2 Å². The third kappa shape index (κ3) is 4.94. The van der Waals surface area contributed by atoms with Crippen molar-refractivity contribution in [2.75, 3.05) is 0 Å². The van der Waals surface area contributed by atoms with Gasteiger partial charge in [0.2, 0.25) is 0 Å². The Labute approximate surface area is 244 Å². The molecule has 0 nitrogen and oxygen atoms in total. The van der Waals surface area contributed by atoms with Crippen molar-refractivity contribution in [3.05, 3.63) is 0 Å². The Hall–Kier alpha value is 1.79. The predicted octanol–water partition coefficient (Wildman–Crippen LogP) is 8.24. The predicted molar refractivity (Wildman–Crippen MR) is 151 cm³/mol. The maximum absolute atomic E-state index is 5.60. The molecule has 9 fully saturated rings. The van der Waals surface area contributed by atoms with Crippen molar-refractivity contribution >= 4 is 37.9 Å². The first kappa shape index (κ1) is 30.3. The van der Waals surface area contributed by atoms with Gasteiger partial charge in [0, 0.05) is 0 Å². The number of rotatable bonds is 0. The van der Waals surface area contributed by atoms with Crippen LogP contribution in [0.3, 0.4) is 0 Å². The fourth-order valence-electron chi connectivity index (χ4n) is 9.53. The minimum atomic E-state index is 0. The van der Waals surface area contributed by atoms with Crippen LogP contribution in [0, 0.1) is 51.8 Å². The zero-order valence-electron chi connectivity index (χ0n) is 23.4. The van der Waals surface area contributed by atoms with E-state index in [0.717, 1.165) is 35.5 Å². The van der Waals surface area contributed by atoms with Gasteiger partial charge in [-0.2, -0.15) is 14.2 Å². The molecule has 0 aromatic rings. The molecule has 4 heteroatoms. The van der Waals surface area contributed by atoms with Crippen molar-refractivity contribution in [1.82, 2.24) is 0 Å². The third-order valence-electron chi connectivity index (χ3n) is 12.6. The summed E-state index contributed by atoms with van der Waals surface area (Å²) in [6.45, 7) is 21.2. The van der Waals surface area contributed by atoms with Gasteiger partial charge in [-0.3, -0.25) is 0 Å². The van der Waals surface area contributed by atoms with Gasteiger partial charge in [0.05, 0.1) is 0 Å². The monoisotopic (exact) mass is 704 g/mol. The average molecular weight is 705 g/mol. The second-order valence-electron chi connectivity index (χ2n) is 15.5. The Balaban J connectivity index is 0.000000141. The van der Waals surface area contributed by atoms with Crippen molar-refractivity contribution in [2.45, 2.75) is 134 Å². The van der Waals surface area contributed by atoms with Crippen LogP contribution in [0.25, 0.3) is 0 Å². The van der Waals surface area contributed by atoms with E-state index in [-0.39, 0.29) is 36.6 Å². The molecule has 0 N–H and O–H groups in total. The van der Waals surface area contributed by atoms with E-state index in [1.165, 1.54) is 57.8 Å². The second kappa shape index (κ2) is 9.46. The standard InChI is InChI=1S/3C10H18S.Au/c3*1-9(2)7-4-5-10(3,11)8(9)6-7;/h3*7-8,11H,4-6H2,1-3H3;/q;;;+3/p-3. The maximum Gasteiger partial charge on any atom is 3.00 e. The van der Waals surface area contributed by atoms with E-state index in [1.54, 1.807) is 0 Å². The minimum absolute atomic E-state index is 0. The topological polar surface area (TPSA) is 0 Å². The van der Waals surface area contributed by atoms with Crippen LogP contribution >= 0.6 is 0 Å². The molecular formula is C30H51AuS3. The molecule has 9 unspecified atom stereocenters. The normalized spacial score (nSPS) is 51.9. The Kier molecular flexibility index (Phi) is 8.44. The van der Waals surface area contributed by atoms with Crippen LogP contribution in [0.1, 0.15) is 120 Å². The second-order valence-corrected chi connectivity index (χ2v) is 18.3. The van der Waals surface area contributed by atoms with Gasteiger partial charge in [0.1, 0.15) is 0 Å².